The fourth-order valence-electron chi connectivity index (χ4n) is 2.56. The minimum absolute atomic E-state index is 0.00782. The molecule has 226 valence electrons. The molecule has 0 aromatic rings. The van der Waals surface area contributed by atoms with Crippen molar-refractivity contribution in [1.29, 1.82) is 0 Å². The molecule has 0 unspecified atom stereocenters. The minimum Gasteiger partial charge on any atom is -0.463 e. The van der Waals surface area contributed by atoms with Gasteiger partial charge in [0.2, 0.25) is 11.8 Å². The quantitative estimate of drug-likeness (QED) is 0.0642. The highest BCUT2D eigenvalue weighted by atomic mass is 16.6. The molecule has 0 fully saturated rings. The van der Waals surface area contributed by atoms with Crippen LogP contribution in [0.2, 0.25) is 0 Å². The van der Waals surface area contributed by atoms with Crippen molar-refractivity contribution in [3.05, 3.63) is 0 Å². The highest BCUT2D eigenvalue weighted by molar-refractivity contribution is 5.77. The predicted molar refractivity (Wildman–Crippen MR) is 135 cm³/mol. The summed E-state index contributed by atoms with van der Waals surface area (Å²) in [6.07, 6.45) is -0.548. The van der Waals surface area contributed by atoms with E-state index < -0.39 is 18.0 Å². The molecule has 39 heavy (non-hydrogen) atoms. The van der Waals surface area contributed by atoms with E-state index >= 15 is 0 Å². The maximum Gasteiger partial charge on any atom is 0.406 e. The Morgan fingerprint density at radius 3 is 1.62 bits per heavy atom. The number of hydrogen-bond acceptors (Lipinski definition) is 13. The van der Waals surface area contributed by atoms with Crippen molar-refractivity contribution >= 4 is 29.8 Å². The van der Waals surface area contributed by atoms with Crippen LogP contribution in [0.4, 0.5) is 4.79 Å². The van der Waals surface area contributed by atoms with Crippen molar-refractivity contribution in [3.63, 3.8) is 0 Å². The molecule has 0 spiro atoms. The van der Waals surface area contributed by atoms with Crippen molar-refractivity contribution < 1.29 is 57.1 Å². The highest BCUT2D eigenvalue weighted by Gasteiger charge is 2.13. The summed E-state index contributed by atoms with van der Waals surface area (Å²) in [6, 6.07) is 0. The number of nitrogens with zero attached hydrogens (tertiary/aromatic N) is 1. The minimum atomic E-state index is -0.579. The summed E-state index contributed by atoms with van der Waals surface area (Å²) < 4.78 is 35.4. The molecule has 0 aliphatic carbocycles. The van der Waals surface area contributed by atoms with Gasteiger partial charge < -0.3 is 49.1 Å². The maximum absolute atomic E-state index is 11.8. The number of rotatable bonds is 24. The molecule has 0 saturated carbocycles. The predicted octanol–water partition coefficient (Wildman–Crippen LogP) is -2.32. The Morgan fingerprint density at radius 2 is 1.15 bits per heavy atom. The van der Waals surface area contributed by atoms with Crippen molar-refractivity contribution in [2.24, 2.45) is 0 Å². The van der Waals surface area contributed by atoms with Crippen LogP contribution in [-0.4, -0.2) is 148 Å². The number of ether oxygens (including phenoxy) is 7. The lowest BCUT2D eigenvalue weighted by Crippen LogP contribution is -2.40. The second kappa shape index (κ2) is 25.2. The number of carbonyl (C=O) groups excluding carboxylic acids is 5. The molecule has 0 aromatic carbocycles. The molecule has 0 radical (unpaired) electrons. The van der Waals surface area contributed by atoms with E-state index in [2.05, 4.69) is 20.7 Å². The molecule has 16 heteroatoms. The van der Waals surface area contributed by atoms with Gasteiger partial charge in [0.1, 0.15) is 26.4 Å². The number of hydrogen-bond donors (Lipinski definition) is 3. The Bertz CT molecular complexity index is 711. The number of alkyl carbamates (subject to hydrolysis) is 1. The van der Waals surface area contributed by atoms with E-state index in [0.717, 1.165) is 0 Å². The lowest BCUT2D eigenvalue weighted by Gasteiger charge is -2.21. The molecule has 0 aliphatic rings. The average Bonchev–Trinajstić information content (AvgIpc) is 2.90. The van der Waals surface area contributed by atoms with E-state index in [1.165, 1.54) is 21.1 Å². The Balaban J connectivity index is 3.94. The van der Waals surface area contributed by atoms with Crippen LogP contribution in [0.25, 0.3) is 0 Å². The summed E-state index contributed by atoms with van der Waals surface area (Å²) in [7, 11) is 2.76. The standard InChI is InChI=1S/C23H42N4O12/c1-19(28)25-4-8-34-12-14-36-17-21(30)38-10-6-27(16-20(29)24-2)7-11-39-22(31)18-37-15-13-35-9-5-26-23(32)33-3/h4-18H2,1-3H3,(H,24,29)(H,25,28)(H,26,32). The zero-order valence-corrected chi connectivity index (χ0v) is 23.0. The monoisotopic (exact) mass is 566 g/mol. The highest BCUT2D eigenvalue weighted by Crippen LogP contribution is 1.93. The molecule has 0 atom stereocenters. The molecule has 0 saturated heterocycles. The van der Waals surface area contributed by atoms with Gasteiger partial charge in [-0.3, -0.25) is 14.5 Å². The molecule has 16 nitrogen and oxygen atoms in total. The van der Waals surface area contributed by atoms with Crippen LogP contribution in [0.3, 0.4) is 0 Å². The summed E-state index contributed by atoms with van der Waals surface area (Å²) in [6.45, 7) is 3.54. The lowest BCUT2D eigenvalue weighted by molar-refractivity contribution is -0.150. The van der Waals surface area contributed by atoms with E-state index in [1.807, 2.05) is 0 Å². The summed E-state index contributed by atoms with van der Waals surface area (Å²) >= 11 is 0. The van der Waals surface area contributed by atoms with Crippen LogP contribution in [0.15, 0.2) is 0 Å². The number of esters is 2. The first kappa shape index (κ1) is 35.9. The molecule has 0 heterocycles. The van der Waals surface area contributed by atoms with Gasteiger partial charge in [-0.2, -0.15) is 0 Å². The number of carbonyl (C=O) groups is 5. The SMILES string of the molecule is CNC(=O)CN(CCOC(=O)COCCOCCNC(C)=O)CCOC(=O)COCCOCCNC(=O)OC. The number of nitrogens with one attached hydrogen (secondary N) is 3. The van der Waals surface area contributed by atoms with Crippen molar-refractivity contribution in [1.82, 2.24) is 20.9 Å². The van der Waals surface area contributed by atoms with Crippen LogP contribution in [0.5, 0.6) is 0 Å². The third-order valence-corrected chi connectivity index (χ3v) is 4.49. The molecule has 0 aromatic heterocycles. The van der Waals surface area contributed by atoms with Crippen LogP contribution in [0.1, 0.15) is 6.92 Å². The molecular formula is C23H42N4O12. The summed E-state index contributed by atoms with van der Waals surface area (Å²) in [5.74, 6) is -1.54. The average molecular weight is 567 g/mol. The Hall–Kier alpha value is -3.05. The van der Waals surface area contributed by atoms with Gasteiger partial charge in [0.15, 0.2) is 0 Å². The van der Waals surface area contributed by atoms with Gasteiger partial charge >= 0.3 is 18.0 Å². The van der Waals surface area contributed by atoms with Gasteiger partial charge in [-0.1, -0.05) is 0 Å². The largest absolute Gasteiger partial charge is 0.463 e. The topological polar surface area (TPSA) is 189 Å². The molecule has 0 bridgehead atoms. The van der Waals surface area contributed by atoms with Crippen LogP contribution < -0.4 is 16.0 Å². The maximum atomic E-state index is 11.8. The second-order valence-electron chi connectivity index (χ2n) is 7.62. The van der Waals surface area contributed by atoms with E-state index in [9.17, 15) is 24.0 Å². The van der Waals surface area contributed by atoms with Crippen LogP contribution in [0, 0.1) is 0 Å². The van der Waals surface area contributed by atoms with Gasteiger partial charge in [-0.05, 0) is 0 Å². The molecular weight excluding hydrogens is 524 g/mol. The smallest absolute Gasteiger partial charge is 0.406 e. The Labute approximate surface area is 228 Å². The molecule has 0 aliphatic heterocycles. The second-order valence-corrected chi connectivity index (χ2v) is 7.62. The van der Waals surface area contributed by atoms with Crippen molar-refractivity contribution in [2.75, 3.05) is 113 Å². The van der Waals surface area contributed by atoms with Gasteiger partial charge in [-0.25, -0.2) is 14.4 Å². The third-order valence-electron chi connectivity index (χ3n) is 4.49. The molecule has 3 amide bonds. The van der Waals surface area contributed by atoms with Gasteiger partial charge in [0.25, 0.3) is 0 Å². The zero-order valence-electron chi connectivity index (χ0n) is 23.0. The van der Waals surface area contributed by atoms with Crippen molar-refractivity contribution in [3.8, 4) is 0 Å². The summed E-state index contributed by atoms with van der Waals surface area (Å²) in [5, 5.41) is 7.55. The van der Waals surface area contributed by atoms with Gasteiger partial charge in [0.05, 0.1) is 53.3 Å². The van der Waals surface area contributed by atoms with E-state index in [-0.39, 0.29) is 97.5 Å². The van der Waals surface area contributed by atoms with Crippen molar-refractivity contribution in [2.45, 2.75) is 6.92 Å². The van der Waals surface area contributed by atoms with Crippen LogP contribution >= 0.6 is 0 Å². The fraction of sp³-hybridized carbons (Fsp3) is 0.783. The van der Waals surface area contributed by atoms with Gasteiger partial charge in [0, 0.05) is 40.2 Å². The number of amides is 3. The molecule has 0 rings (SSSR count). The summed E-state index contributed by atoms with van der Waals surface area (Å²) in [5.41, 5.74) is 0. The Kier molecular flexibility index (Phi) is 23.3. The zero-order chi connectivity index (χ0) is 29.1. The lowest BCUT2D eigenvalue weighted by atomic mass is 10.4. The first-order valence-electron chi connectivity index (χ1n) is 12.4. The van der Waals surface area contributed by atoms with E-state index in [1.54, 1.807) is 4.90 Å². The normalized spacial score (nSPS) is 10.6. The Morgan fingerprint density at radius 1 is 0.667 bits per heavy atom. The first-order valence-corrected chi connectivity index (χ1v) is 12.4. The van der Waals surface area contributed by atoms with E-state index in [4.69, 9.17) is 28.4 Å². The van der Waals surface area contributed by atoms with Crippen LogP contribution in [-0.2, 0) is 52.3 Å². The van der Waals surface area contributed by atoms with E-state index in [0.29, 0.717) is 13.2 Å². The third kappa shape index (κ3) is 25.0. The first-order chi connectivity index (χ1) is 18.8. The number of likely N-dealkylation sites (N-methyl/N-ethyl adjacent to an activating group) is 1. The summed E-state index contributed by atoms with van der Waals surface area (Å²) in [4.78, 5) is 58.6. The van der Waals surface area contributed by atoms with Gasteiger partial charge in [-0.15, -0.1) is 0 Å². The molecule has 3 N–H and O–H groups in total. The number of methoxy groups -OCH3 is 1. The fourth-order valence-corrected chi connectivity index (χ4v) is 2.56.